The molecule has 5 rings (SSSR count). The SMILES string of the molecule is COc1ccc(/C=C2\CN(Cc3ccccc3)CC3=C2OC(N)=C(C#N)C3c2ccc(OC)cc2OC)c(OC)c1. The average molecular weight is 552 g/mol. The fourth-order valence-electron chi connectivity index (χ4n) is 5.43. The van der Waals surface area contributed by atoms with E-state index in [0.29, 0.717) is 54.0 Å². The van der Waals surface area contributed by atoms with Crippen LogP contribution in [0.15, 0.2) is 95.1 Å². The van der Waals surface area contributed by atoms with Gasteiger partial charge in [-0.15, -0.1) is 0 Å². The van der Waals surface area contributed by atoms with E-state index in [1.54, 1.807) is 28.4 Å². The highest BCUT2D eigenvalue weighted by molar-refractivity contribution is 5.68. The molecule has 8 heteroatoms. The standard InChI is InChI=1S/C33H33N3O5/c1-37-24-11-10-22(29(15-24)39-3)14-23-19-36(18-21-8-6-5-7-9-21)20-28-31(27(17-34)33(35)41-32(23)28)26-13-12-25(38-2)16-30(26)40-4/h5-16,31H,18-20,35H2,1-4H3/b23-14+. The zero-order valence-corrected chi connectivity index (χ0v) is 23.6. The van der Waals surface area contributed by atoms with Crippen LogP contribution in [-0.4, -0.2) is 46.4 Å². The zero-order valence-electron chi connectivity index (χ0n) is 23.6. The Bertz CT molecular complexity index is 1570. The van der Waals surface area contributed by atoms with Crippen molar-refractivity contribution in [2.45, 2.75) is 12.5 Å². The molecule has 0 saturated heterocycles. The third-order valence-corrected chi connectivity index (χ3v) is 7.38. The minimum Gasteiger partial charge on any atom is -0.497 e. The largest absolute Gasteiger partial charge is 0.497 e. The van der Waals surface area contributed by atoms with Gasteiger partial charge in [0, 0.05) is 48.5 Å². The van der Waals surface area contributed by atoms with Gasteiger partial charge in [-0.1, -0.05) is 36.4 Å². The van der Waals surface area contributed by atoms with E-state index in [2.05, 4.69) is 29.2 Å². The first-order valence-corrected chi connectivity index (χ1v) is 13.2. The molecule has 0 spiro atoms. The van der Waals surface area contributed by atoms with Crippen LogP contribution in [0.5, 0.6) is 23.0 Å². The van der Waals surface area contributed by atoms with Crippen LogP contribution in [0.25, 0.3) is 6.08 Å². The van der Waals surface area contributed by atoms with E-state index in [-0.39, 0.29) is 5.88 Å². The number of methoxy groups -OCH3 is 4. The van der Waals surface area contributed by atoms with Gasteiger partial charge in [0.25, 0.3) is 0 Å². The third kappa shape index (κ3) is 5.58. The molecule has 3 aromatic rings. The summed E-state index contributed by atoms with van der Waals surface area (Å²) in [6.07, 6.45) is 2.05. The molecule has 1 atom stereocenters. The van der Waals surface area contributed by atoms with Crippen LogP contribution in [0.3, 0.4) is 0 Å². The van der Waals surface area contributed by atoms with Crippen molar-refractivity contribution < 1.29 is 23.7 Å². The first-order valence-electron chi connectivity index (χ1n) is 13.2. The minimum atomic E-state index is -0.468. The van der Waals surface area contributed by atoms with Gasteiger partial charge < -0.3 is 29.4 Å². The molecule has 0 saturated carbocycles. The lowest BCUT2D eigenvalue weighted by Crippen LogP contribution is -2.38. The summed E-state index contributed by atoms with van der Waals surface area (Å²) >= 11 is 0. The number of hydrogen-bond acceptors (Lipinski definition) is 8. The molecule has 2 N–H and O–H groups in total. The number of benzene rings is 3. The summed E-state index contributed by atoms with van der Waals surface area (Å²) in [5, 5.41) is 10.3. The topological polar surface area (TPSA) is 99.2 Å². The Hall–Kier alpha value is -4.87. The highest BCUT2D eigenvalue weighted by Crippen LogP contribution is 2.47. The molecule has 41 heavy (non-hydrogen) atoms. The zero-order chi connectivity index (χ0) is 28.9. The van der Waals surface area contributed by atoms with E-state index >= 15 is 0 Å². The van der Waals surface area contributed by atoms with Crippen LogP contribution in [0.2, 0.25) is 0 Å². The summed E-state index contributed by atoms with van der Waals surface area (Å²) in [6.45, 7) is 1.88. The lowest BCUT2D eigenvalue weighted by Gasteiger charge is -2.38. The lowest BCUT2D eigenvalue weighted by molar-refractivity contribution is 0.229. The molecule has 3 aromatic carbocycles. The normalized spacial score (nSPS) is 17.9. The van der Waals surface area contributed by atoms with Crippen molar-refractivity contribution in [3.8, 4) is 29.1 Å². The van der Waals surface area contributed by atoms with E-state index < -0.39 is 5.92 Å². The van der Waals surface area contributed by atoms with Crippen molar-refractivity contribution in [3.63, 3.8) is 0 Å². The Morgan fingerprint density at radius 3 is 2.24 bits per heavy atom. The number of nitrogens with zero attached hydrogens (tertiary/aromatic N) is 2. The lowest BCUT2D eigenvalue weighted by atomic mass is 9.79. The van der Waals surface area contributed by atoms with Crippen LogP contribution < -0.4 is 24.7 Å². The van der Waals surface area contributed by atoms with Gasteiger partial charge in [-0.2, -0.15) is 5.26 Å². The second-order valence-corrected chi connectivity index (χ2v) is 9.80. The summed E-state index contributed by atoms with van der Waals surface area (Å²) in [4.78, 5) is 2.33. The maximum atomic E-state index is 10.3. The molecule has 0 amide bonds. The van der Waals surface area contributed by atoms with Crippen LogP contribution in [-0.2, 0) is 11.3 Å². The van der Waals surface area contributed by atoms with Gasteiger partial charge in [0.15, 0.2) is 0 Å². The molecule has 2 aliphatic rings. The molecule has 0 fully saturated rings. The summed E-state index contributed by atoms with van der Waals surface area (Å²) < 4.78 is 28.5. The fraction of sp³-hybridized carbons (Fsp3) is 0.242. The average Bonchev–Trinajstić information content (AvgIpc) is 3.01. The predicted octanol–water partition coefficient (Wildman–Crippen LogP) is 5.38. The van der Waals surface area contributed by atoms with Crippen molar-refractivity contribution in [1.82, 2.24) is 4.90 Å². The number of ether oxygens (including phenoxy) is 5. The summed E-state index contributed by atoms with van der Waals surface area (Å²) in [7, 11) is 6.47. The van der Waals surface area contributed by atoms with Gasteiger partial charge in [0.2, 0.25) is 5.88 Å². The monoisotopic (exact) mass is 551 g/mol. The summed E-state index contributed by atoms with van der Waals surface area (Å²) in [6, 6.07) is 23.9. The molecule has 0 aliphatic carbocycles. The van der Waals surface area contributed by atoms with Crippen LogP contribution in [0, 0.1) is 11.3 Å². The highest BCUT2D eigenvalue weighted by atomic mass is 16.5. The number of nitrogens with two attached hydrogens (primary N) is 1. The number of nitriles is 1. The third-order valence-electron chi connectivity index (χ3n) is 7.38. The minimum absolute atomic E-state index is 0.0817. The van der Waals surface area contributed by atoms with E-state index in [1.165, 1.54) is 5.56 Å². The smallest absolute Gasteiger partial charge is 0.205 e. The Kier molecular flexibility index (Phi) is 8.18. The molecular weight excluding hydrogens is 518 g/mol. The summed E-state index contributed by atoms with van der Waals surface area (Å²) in [5.41, 5.74) is 11.5. The quantitative estimate of drug-likeness (QED) is 0.398. The van der Waals surface area contributed by atoms with Crippen molar-refractivity contribution in [2.75, 3.05) is 41.5 Å². The van der Waals surface area contributed by atoms with Crippen molar-refractivity contribution in [3.05, 3.63) is 112 Å². The molecular formula is C33H33N3O5. The molecule has 2 heterocycles. The Balaban J connectivity index is 1.68. The maximum absolute atomic E-state index is 10.3. The van der Waals surface area contributed by atoms with Crippen LogP contribution >= 0.6 is 0 Å². The maximum Gasteiger partial charge on any atom is 0.205 e. The molecule has 0 aromatic heterocycles. The van der Waals surface area contributed by atoms with Crippen molar-refractivity contribution in [1.29, 1.82) is 5.26 Å². The van der Waals surface area contributed by atoms with Gasteiger partial charge in [-0.05, 0) is 35.4 Å². The van der Waals surface area contributed by atoms with Gasteiger partial charge in [-0.25, -0.2) is 0 Å². The van der Waals surface area contributed by atoms with Crippen LogP contribution in [0.1, 0.15) is 22.6 Å². The van der Waals surface area contributed by atoms with Gasteiger partial charge in [-0.3, -0.25) is 4.90 Å². The molecule has 210 valence electrons. The summed E-state index contributed by atoms with van der Waals surface area (Å²) in [5.74, 6) is 2.90. The van der Waals surface area contributed by atoms with E-state index in [1.807, 2.05) is 54.6 Å². The molecule has 2 aliphatic heterocycles. The second-order valence-electron chi connectivity index (χ2n) is 9.80. The molecule has 0 radical (unpaired) electrons. The number of allylic oxidation sites excluding steroid dienone is 1. The van der Waals surface area contributed by atoms with Gasteiger partial charge >= 0.3 is 0 Å². The van der Waals surface area contributed by atoms with Gasteiger partial charge in [0.1, 0.15) is 40.4 Å². The number of rotatable bonds is 8. The molecule has 0 bridgehead atoms. The van der Waals surface area contributed by atoms with E-state index in [9.17, 15) is 5.26 Å². The van der Waals surface area contributed by atoms with E-state index in [0.717, 1.165) is 22.3 Å². The van der Waals surface area contributed by atoms with Crippen molar-refractivity contribution >= 4 is 6.08 Å². The second kappa shape index (κ2) is 12.1. The Morgan fingerprint density at radius 2 is 1.59 bits per heavy atom. The molecule has 8 nitrogen and oxygen atoms in total. The van der Waals surface area contributed by atoms with Gasteiger partial charge in [0.05, 0.1) is 34.4 Å². The number of hydrogen-bond donors (Lipinski definition) is 1. The first kappa shape index (κ1) is 27.7. The Morgan fingerprint density at radius 1 is 0.902 bits per heavy atom. The Labute approximate surface area is 240 Å². The fourth-order valence-corrected chi connectivity index (χ4v) is 5.43. The molecule has 1 unspecified atom stereocenters. The predicted molar refractivity (Wildman–Crippen MR) is 156 cm³/mol. The van der Waals surface area contributed by atoms with Crippen molar-refractivity contribution in [2.24, 2.45) is 5.73 Å². The van der Waals surface area contributed by atoms with E-state index in [4.69, 9.17) is 29.4 Å². The highest BCUT2D eigenvalue weighted by Gasteiger charge is 2.39. The first-order chi connectivity index (χ1) is 20.0. The van der Waals surface area contributed by atoms with Crippen LogP contribution in [0.4, 0.5) is 0 Å².